The molecular formula is C14H22ClN3O2. The van der Waals surface area contributed by atoms with E-state index in [2.05, 4.69) is 5.32 Å². The first kappa shape index (κ1) is 18.4. The van der Waals surface area contributed by atoms with E-state index >= 15 is 0 Å². The van der Waals surface area contributed by atoms with Crippen LogP contribution in [0.4, 0.5) is 0 Å². The highest BCUT2D eigenvalue weighted by Gasteiger charge is 2.12. The molecular weight excluding hydrogens is 278 g/mol. The van der Waals surface area contributed by atoms with Crippen molar-refractivity contribution in [2.24, 2.45) is 5.73 Å². The Hall–Kier alpha value is -1.59. The van der Waals surface area contributed by atoms with E-state index in [1.54, 1.807) is 4.90 Å². The number of nitrogens with one attached hydrogen (secondary N) is 1. The van der Waals surface area contributed by atoms with E-state index in [0.29, 0.717) is 13.1 Å². The Bertz CT molecular complexity index is 412. The lowest BCUT2D eigenvalue weighted by Gasteiger charge is -2.21. The molecule has 0 spiro atoms. The van der Waals surface area contributed by atoms with Crippen LogP contribution in [-0.4, -0.2) is 42.9 Å². The first-order chi connectivity index (χ1) is 9.17. The van der Waals surface area contributed by atoms with Crippen molar-refractivity contribution < 1.29 is 9.59 Å². The zero-order chi connectivity index (χ0) is 14.1. The summed E-state index contributed by atoms with van der Waals surface area (Å²) in [6.07, 6.45) is 0.811. The Morgan fingerprint density at radius 2 is 1.90 bits per heavy atom. The van der Waals surface area contributed by atoms with Crippen LogP contribution in [0.15, 0.2) is 30.3 Å². The average Bonchev–Trinajstić information content (AvgIpc) is 2.46. The maximum absolute atomic E-state index is 11.9. The molecule has 0 heterocycles. The van der Waals surface area contributed by atoms with E-state index in [4.69, 9.17) is 5.73 Å². The summed E-state index contributed by atoms with van der Waals surface area (Å²) in [5.74, 6) is -0.396. The molecule has 1 rings (SSSR count). The zero-order valence-corrected chi connectivity index (χ0v) is 12.5. The van der Waals surface area contributed by atoms with E-state index in [1.807, 2.05) is 37.3 Å². The highest BCUT2D eigenvalue weighted by atomic mass is 35.5. The minimum atomic E-state index is -0.313. The lowest BCUT2D eigenvalue weighted by molar-refractivity contribution is -0.132. The van der Waals surface area contributed by atoms with Crippen LogP contribution in [0.5, 0.6) is 0 Å². The molecule has 1 aromatic rings. The number of amides is 2. The van der Waals surface area contributed by atoms with E-state index in [1.165, 1.54) is 5.56 Å². The van der Waals surface area contributed by atoms with Crippen LogP contribution in [0.2, 0.25) is 0 Å². The van der Waals surface area contributed by atoms with E-state index < -0.39 is 0 Å². The van der Waals surface area contributed by atoms with Gasteiger partial charge in [-0.05, 0) is 18.9 Å². The maximum atomic E-state index is 11.9. The average molecular weight is 300 g/mol. The third-order valence-electron chi connectivity index (χ3n) is 2.87. The molecule has 0 bridgehead atoms. The molecule has 6 heteroatoms. The van der Waals surface area contributed by atoms with E-state index in [0.717, 1.165) is 6.42 Å². The summed E-state index contributed by atoms with van der Waals surface area (Å²) in [6, 6.07) is 10.0. The number of rotatable bonds is 7. The summed E-state index contributed by atoms with van der Waals surface area (Å²) in [4.78, 5) is 24.6. The number of hydrogen-bond acceptors (Lipinski definition) is 3. The number of benzene rings is 1. The van der Waals surface area contributed by atoms with Gasteiger partial charge in [-0.15, -0.1) is 12.4 Å². The second-order valence-corrected chi connectivity index (χ2v) is 4.19. The van der Waals surface area contributed by atoms with Gasteiger partial charge in [-0.3, -0.25) is 9.59 Å². The van der Waals surface area contributed by atoms with Crippen molar-refractivity contribution in [1.82, 2.24) is 10.2 Å². The predicted molar refractivity (Wildman–Crippen MR) is 81.7 cm³/mol. The number of nitrogens with two attached hydrogens (primary N) is 1. The lowest BCUT2D eigenvalue weighted by Crippen LogP contribution is -2.42. The Morgan fingerprint density at radius 1 is 1.25 bits per heavy atom. The van der Waals surface area contributed by atoms with Crippen LogP contribution in [0.3, 0.4) is 0 Å². The van der Waals surface area contributed by atoms with Gasteiger partial charge in [-0.25, -0.2) is 0 Å². The molecule has 0 radical (unpaired) electrons. The molecule has 0 aliphatic heterocycles. The molecule has 0 unspecified atom stereocenters. The summed E-state index contributed by atoms with van der Waals surface area (Å²) >= 11 is 0. The quantitative estimate of drug-likeness (QED) is 0.773. The Labute approximate surface area is 125 Å². The Morgan fingerprint density at radius 3 is 2.45 bits per heavy atom. The molecule has 0 atom stereocenters. The van der Waals surface area contributed by atoms with Crippen LogP contribution < -0.4 is 11.1 Å². The number of nitrogens with zero attached hydrogens (tertiary/aromatic N) is 1. The number of hydrogen-bond donors (Lipinski definition) is 2. The highest BCUT2D eigenvalue weighted by molar-refractivity contribution is 5.85. The molecule has 20 heavy (non-hydrogen) atoms. The monoisotopic (exact) mass is 299 g/mol. The Kier molecular flexibility index (Phi) is 9.41. The van der Waals surface area contributed by atoms with Crippen LogP contribution in [-0.2, 0) is 16.0 Å². The van der Waals surface area contributed by atoms with Crippen LogP contribution >= 0.6 is 12.4 Å². The third kappa shape index (κ3) is 6.54. The van der Waals surface area contributed by atoms with Crippen molar-refractivity contribution in [2.75, 3.05) is 26.2 Å². The fourth-order valence-corrected chi connectivity index (χ4v) is 1.73. The maximum Gasteiger partial charge on any atom is 0.241 e. The standard InChI is InChI=1S/C14H21N3O2.ClH/c1-2-17(14(19)11-16-13(18)10-15)9-8-12-6-4-3-5-7-12;/h3-7H,2,8-11,15H2,1H3,(H,16,18);1H. The lowest BCUT2D eigenvalue weighted by atomic mass is 10.1. The van der Waals surface area contributed by atoms with Gasteiger partial charge in [0.15, 0.2) is 0 Å². The molecule has 0 saturated carbocycles. The minimum Gasteiger partial charge on any atom is -0.346 e. The fraction of sp³-hybridized carbons (Fsp3) is 0.429. The van der Waals surface area contributed by atoms with Crippen molar-refractivity contribution in [3.05, 3.63) is 35.9 Å². The molecule has 1 aromatic carbocycles. The van der Waals surface area contributed by atoms with Crippen LogP contribution in [0.25, 0.3) is 0 Å². The minimum absolute atomic E-state index is 0. The van der Waals surface area contributed by atoms with Crippen molar-refractivity contribution in [1.29, 1.82) is 0 Å². The van der Waals surface area contributed by atoms with Crippen molar-refractivity contribution in [2.45, 2.75) is 13.3 Å². The van der Waals surface area contributed by atoms with Gasteiger partial charge in [0.2, 0.25) is 11.8 Å². The van der Waals surface area contributed by atoms with E-state index in [-0.39, 0.29) is 37.3 Å². The topological polar surface area (TPSA) is 75.4 Å². The molecule has 5 nitrogen and oxygen atoms in total. The summed E-state index contributed by atoms with van der Waals surface area (Å²) in [7, 11) is 0. The summed E-state index contributed by atoms with van der Waals surface area (Å²) in [5.41, 5.74) is 6.36. The first-order valence-electron chi connectivity index (χ1n) is 6.45. The highest BCUT2D eigenvalue weighted by Crippen LogP contribution is 2.01. The number of likely N-dealkylation sites (N-methyl/N-ethyl adjacent to an activating group) is 1. The SMILES string of the molecule is CCN(CCc1ccccc1)C(=O)CNC(=O)CN.Cl. The number of halogens is 1. The van der Waals surface area contributed by atoms with Crippen LogP contribution in [0.1, 0.15) is 12.5 Å². The Balaban J connectivity index is 0.00000361. The van der Waals surface area contributed by atoms with Gasteiger partial charge in [-0.1, -0.05) is 30.3 Å². The van der Waals surface area contributed by atoms with Crippen molar-refractivity contribution in [3.63, 3.8) is 0 Å². The number of carbonyl (C=O) groups excluding carboxylic acids is 2. The van der Waals surface area contributed by atoms with Gasteiger partial charge < -0.3 is 16.0 Å². The van der Waals surface area contributed by atoms with Gasteiger partial charge in [0.1, 0.15) is 0 Å². The fourth-order valence-electron chi connectivity index (χ4n) is 1.73. The van der Waals surface area contributed by atoms with Gasteiger partial charge in [0.05, 0.1) is 13.1 Å². The van der Waals surface area contributed by atoms with Gasteiger partial charge in [-0.2, -0.15) is 0 Å². The van der Waals surface area contributed by atoms with Gasteiger partial charge in [0.25, 0.3) is 0 Å². The summed E-state index contributed by atoms with van der Waals surface area (Å²) in [6.45, 7) is 3.12. The van der Waals surface area contributed by atoms with Gasteiger partial charge in [0, 0.05) is 13.1 Å². The molecule has 0 saturated heterocycles. The zero-order valence-electron chi connectivity index (χ0n) is 11.7. The molecule has 0 fully saturated rings. The molecule has 0 aromatic heterocycles. The largest absolute Gasteiger partial charge is 0.346 e. The third-order valence-corrected chi connectivity index (χ3v) is 2.87. The van der Waals surface area contributed by atoms with E-state index in [9.17, 15) is 9.59 Å². The normalized spacial score (nSPS) is 9.50. The van der Waals surface area contributed by atoms with Crippen LogP contribution in [0, 0.1) is 0 Å². The van der Waals surface area contributed by atoms with Crippen molar-refractivity contribution >= 4 is 24.2 Å². The second kappa shape index (κ2) is 10.2. The summed E-state index contributed by atoms with van der Waals surface area (Å²) in [5, 5.41) is 2.49. The van der Waals surface area contributed by atoms with Gasteiger partial charge >= 0.3 is 0 Å². The molecule has 3 N–H and O–H groups in total. The molecule has 112 valence electrons. The van der Waals surface area contributed by atoms with Crippen molar-refractivity contribution in [3.8, 4) is 0 Å². The molecule has 0 aliphatic rings. The molecule has 2 amide bonds. The molecule has 0 aliphatic carbocycles. The smallest absolute Gasteiger partial charge is 0.241 e. The first-order valence-corrected chi connectivity index (χ1v) is 6.45. The second-order valence-electron chi connectivity index (χ2n) is 4.19. The summed E-state index contributed by atoms with van der Waals surface area (Å²) < 4.78 is 0. The predicted octanol–water partition coefficient (Wildman–Crippen LogP) is 0.574. The number of carbonyl (C=O) groups is 2.